The Morgan fingerprint density at radius 2 is 1.77 bits per heavy atom. The molecule has 1 aliphatic heterocycles. The summed E-state index contributed by atoms with van der Waals surface area (Å²) < 4.78 is 0. The quantitative estimate of drug-likeness (QED) is 0.179. The SMILES string of the molecule is CSCCC(NC(=O)C(CS)NC(=O)C(N)CCC(=O)O)C(=O)N1CCCC1C(=O)O. The van der Waals surface area contributed by atoms with Gasteiger partial charge in [0.25, 0.3) is 0 Å². The van der Waals surface area contributed by atoms with Gasteiger partial charge < -0.3 is 31.5 Å². The Bertz CT molecular complexity index is 679. The summed E-state index contributed by atoms with van der Waals surface area (Å²) in [6, 6.07) is -4.07. The third-order valence-electron chi connectivity index (χ3n) is 4.87. The predicted molar refractivity (Wildman–Crippen MR) is 118 cm³/mol. The van der Waals surface area contributed by atoms with Crippen molar-refractivity contribution < 1.29 is 34.2 Å². The molecule has 1 rings (SSSR count). The first-order chi connectivity index (χ1) is 14.6. The summed E-state index contributed by atoms with van der Waals surface area (Å²) in [5, 5.41) is 23.0. The molecule has 0 saturated carbocycles. The second kappa shape index (κ2) is 13.4. The number of rotatable bonds is 13. The molecule has 1 heterocycles. The standard InChI is InChI=1S/C18H30N4O7S2/c1-31-8-6-11(17(27)22-7-2-3-13(22)18(28)29)20-16(26)12(9-30)21-15(25)10(19)4-5-14(23)24/h10-13,30H,2-9,19H2,1H3,(H,20,26)(H,21,25)(H,23,24)(H,28,29). The molecule has 6 N–H and O–H groups in total. The van der Waals surface area contributed by atoms with Gasteiger partial charge in [0.15, 0.2) is 0 Å². The second-order valence-electron chi connectivity index (χ2n) is 7.15. The van der Waals surface area contributed by atoms with Crippen LogP contribution in [0.3, 0.4) is 0 Å². The van der Waals surface area contributed by atoms with Crippen molar-refractivity contribution in [2.24, 2.45) is 5.73 Å². The molecule has 0 aliphatic carbocycles. The Morgan fingerprint density at radius 3 is 2.32 bits per heavy atom. The molecule has 1 fully saturated rings. The van der Waals surface area contributed by atoms with E-state index in [1.807, 2.05) is 6.26 Å². The Balaban J connectivity index is 2.81. The minimum Gasteiger partial charge on any atom is -0.481 e. The van der Waals surface area contributed by atoms with Crippen LogP contribution in [0, 0.1) is 0 Å². The molecule has 0 bridgehead atoms. The molecular weight excluding hydrogens is 448 g/mol. The Hall–Kier alpha value is -1.99. The number of carbonyl (C=O) groups excluding carboxylic acids is 3. The van der Waals surface area contributed by atoms with Crippen LogP contribution in [0.4, 0.5) is 0 Å². The van der Waals surface area contributed by atoms with Gasteiger partial charge in [-0.05, 0) is 37.7 Å². The molecule has 0 aromatic rings. The molecule has 176 valence electrons. The lowest BCUT2D eigenvalue weighted by Gasteiger charge is -2.28. The average Bonchev–Trinajstić information content (AvgIpc) is 3.22. The maximum Gasteiger partial charge on any atom is 0.326 e. The lowest BCUT2D eigenvalue weighted by molar-refractivity contribution is -0.149. The molecule has 4 unspecified atom stereocenters. The molecule has 1 saturated heterocycles. The normalized spacial score (nSPS) is 18.7. The van der Waals surface area contributed by atoms with Gasteiger partial charge in [0.1, 0.15) is 18.1 Å². The van der Waals surface area contributed by atoms with E-state index in [2.05, 4.69) is 23.3 Å². The summed E-state index contributed by atoms with van der Waals surface area (Å²) in [6.07, 6.45) is 2.67. The van der Waals surface area contributed by atoms with E-state index in [4.69, 9.17) is 10.8 Å². The molecule has 11 nitrogen and oxygen atoms in total. The second-order valence-corrected chi connectivity index (χ2v) is 8.50. The van der Waals surface area contributed by atoms with E-state index in [9.17, 15) is 29.1 Å². The first kappa shape index (κ1) is 27.0. The van der Waals surface area contributed by atoms with Crippen molar-refractivity contribution in [1.82, 2.24) is 15.5 Å². The Labute approximate surface area is 190 Å². The topological polar surface area (TPSA) is 179 Å². The van der Waals surface area contributed by atoms with E-state index in [1.165, 1.54) is 16.7 Å². The van der Waals surface area contributed by atoms with Crippen LogP contribution >= 0.6 is 24.4 Å². The highest BCUT2D eigenvalue weighted by molar-refractivity contribution is 7.98. The summed E-state index contributed by atoms with van der Waals surface area (Å²) >= 11 is 5.54. The first-order valence-electron chi connectivity index (χ1n) is 9.83. The molecule has 0 aromatic carbocycles. The van der Waals surface area contributed by atoms with E-state index in [0.29, 0.717) is 31.6 Å². The zero-order valence-electron chi connectivity index (χ0n) is 17.3. The minimum atomic E-state index is -1.11. The summed E-state index contributed by atoms with van der Waals surface area (Å²) in [5.74, 6) is -3.53. The number of amides is 3. The van der Waals surface area contributed by atoms with Crippen LogP contribution in [-0.4, -0.2) is 93.2 Å². The Morgan fingerprint density at radius 1 is 1.13 bits per heavy atom. The first-order valence-corrected chi connectivity index (χ1v) is 11.9. The summed E-state index contributed by atoms with van der Waals surface area (Å²) in [4.78, 5) is 61.1. The molecular formula is C18H30N4O7S2. The summed E-state index contributed by atoms with van der Waals surface area (Å²) in [6.45, 7) is 0.298. The molecule has 4 atom stereocenters. The largest absolute Gasteiger partial charge is 0.481 e. The highest BCUT2D eigenvalue weighted by Gasteiger charge is 2.38. The van der Waals surface area contributed by atoms with Gasteiger partial charge >= 0.3 is 11.9 Å². The van der Waals surface area contributed by atoms with Crippen molar-refractivity contribution in [2.45, 2.75) is 56.3 Å². The van der Waals surface area contributed by atoms with Gasteiger partial charge in [-0.1, -0.05) is 0 Å². The van der Waals surface area contributed by atoms with Gasteiger partial charge in [-0.25, -0.2) is 4.79 Å². The number of thiol groups is 1. The van der Waals surface area contributed by atoms with E-state index in [-0.39, 0.29) is 18.6 Å². The predicted octanol–water partition coefficient (Wildman–Crippen LogP) is -1.09. The zero-order chi connectivity index (χ0) is 23.6. The molecule has 13 heteroatoms. The van der Waals surface area contributed by atoms with Crippen molar-refractivity contribution in [3.63, 3.8) is 0 Å². The molecule has 0 aromatic heterocycles. The molecule has 3 amide bonds. The van der Waals surface area contributed by atoms with Gasteiger partial charge in [0.2, 0.25) is 17.7 Å². The average molecular weight is 479 g/mol. The number of carboxylic acids is 2. The number of thioether (sulfide) groups is 1. The molecule has 0 radical (unpaired) electrons. The maximum atomic E-state index is 12.9. The number of nitrogens with two attached hydrogens (primary N) is 1. The van der Waals surface area contributed by atoms with E-state index in [0.717, 1.165) is 0 Å². The molecule has 31 heavy (non-hydrogen) atoms. The van der Waals surface area contributed by atoms with E-state index in [1.54, 1.807) is 0 Å². The number of aliphatic carboxylic acids is 2. The van der Waals surface area contributed by atoms with Crippen LogP contribution in [0.5, 0.6) is 0 Å². The van der Waals surface area contributed by atoms with Crippen LogP contribution in [-0.2, 0) is 24.0 Å². The fourth-order valence-corrected chi connectivity index (χ4v) is 3.86. The van der Waals surface area contributed by atoms with Crippen molar-refractivity contribution in [2.75, 3.05) is 24.3 Å². The van der Waals surface area contributed by atoms with E-state index >= 15 is 0 Å². The van der Waals surface area contributed by atoms with Crippen LogP contribution in [0.15, 0.2) is 0 Å². The fraction of sp³-hybridized carbons (Fsp3) is 0.722. The van der Waals surface area contributed by atoms with Gasteiger partial charge in [-0.2, -0.15) is 24.4 Å². The lowest BCUT2D eigenvalue weighted by atomic mass is 10.1. The monoisotopic (exact) mass is 478 g/mol. The third kappa shape index (κ3) is 8.57. The number of hydrogen-bond acceptors (Lipinski definition) is 8. The van der Waals surface area contributed by atoms with Crippen LogP contribution in [0.1, 0.15) is 32.1 Å². The van der Waals surface area contributed by atoms with Gasteiger partial charge in [0.05, 0.1) is 6.04 Å². The number of carbonyl (C=O) groups is 5. The van der Waals surface area contributed by atoms with Crippen molar-refractivity contribution in [1.29, 1.82) is 0 Å². The number of nitrogens with zero attached hydrogens (tertiary/aromatic N) is 1. The van der Waals surface area contributed by atoms with Crippen LogP contribution < -0.4 is 16.4 Å². The van der Waals surface area contributed by atoms with E-state index < -0.39 is 53.8 Å². The van der Waals surface area contributed by atoms with Crippen molar-refractivity contribution in [3.05, 3.63) is 0 Å². The highest BCUT2D eigenvalue weighted by Crippen LogP contribution is 2.19. The van der Waals surface area contributed by atoms with Gasteiger partial charge in [-0.15, -0.1) is 0 Å². The summed E-state index contributed by atoms with van der Waals surface area (Å²) in [7, 11) is 0. The number of hydrogen-bond donors (Lipinski definition) is 6. The van der Waals surface area contributed by atoms with Gasteiger partial charge in [-0.3, -0.25) is 19.2 Å². The lowest BCUT2D eigenvalue weighted by Crippen LogP contribution is -2.57. The van der Waals surface area contributed by atoms with Gasteiger partial charge in [0, 0.05) is 18.7 Å². The smallest absolute Gasteiger partial charge is 0.326 e. The molecule has 1 aliphatic rings. The van der Waals surface area contributed by atoms with Crippen molar-refractivity contribution >= 4 is 54.1 Å². The number of likely N-dealkylation sites (tertiary alicyclic amines) is 1. The third-order valence-corrected chi connectivity index (χ3v) is 5.88. The number of carboxylic acid groups (broad SMARTS) is 2. The highest BCUT2D eigenvalue weighted by atomic mass is 32.2. The Kier molecular flexibility index (Phi) is 11.7. The minimum absolute atomic E-state index is 0.0753. The fourth-order valence-electron chi connectivity index (χ4n) is 3.14. The maximum absolute atomic E-state index is 12.9. The van der Waals surface area contributed by atoms with Crippen LogP contribution in [0.25, 0.3) is 0 Å². The molecule has 0 spiro atoms. The summed E-state index contributed by atoms with van der Waals surface area (Å²) in [5.41, 5.74) is 5.66. The van der Waals surface area contributed by atoms with Crippen molar-refractivity contribution in [3.8, 4) is 0 Å². The zero-order valence-corrected chi connectivity index (χ0v) is 19.0. The number of nitrogens with one attached hydrogen (secondary N) is 2. The van der Waals surface area contributed by atoms with Crippen LogP contribution in [0.2, 0.25) is 0 Å².